The van der Waals surface area contributed by atoms with Gasteiger partial charge in [-0.05, 0) is 30.3 Å². The van der Waals surface area contributed by atoms with Crippen LogP contribution in [0.15, 0.2) is 48.5 Å². The molecule has 0 aliphatic heterocycles. The molecule has 0 spiro atoms. The molecule has 4 heteroatoms. The molecule has 2 aromatic carbocycles. The fourth-order valence-electron chi connectivity index (χ4n) is 1.84. The van der Waals surface area contributed by atoms with Crippen LogP contribution in [0.4, 0.5) is 0 Å². The Morgan fingerprint density at radius 3 is 2.82 bits per heavy atom. The highest BCUT2D eigenvalue weighted by molar-refractivity contribution is 5.94. The summed E-state index contributed by atoms with van der Waals surface area (Å²) in [5.41, 5.74) is 1.66. The summed E-state index contributed by atoms with van der Waals surface area (Å²) in [7, 11) is 1.59. The van der Waals surface area contributed by atoms with E-state index in [-0.39, 0.29) is 12.5 Å². The van der Waals surface area contributed by atoms with E-state index in [1.165, 1.54) is 0 Å². The number of nitrogens with one attached hydrogen (secondary N) is 1. The maximum absolute atomic E-state index is 11.9. The van der Waals surface area contributed by atoms with E-state index >= 15 is 0 Å². The van der Waals surface area contributed by atoms with Gasteiger partial charge in [-0.1, -0.05) is 30.0 Å². The van der Waals surface area contributed by atoms with Gasteiger partial charge in [-0.2, -0.15) is 5.26 Å². The monoisotopic (exact) mass is 290 g/mol. The number of amides is 1. The van der Waals surface area contributed by atoms with Gasteiger partial charge >= 0.3 is 0 Å². The maximum atomic E-state index is 11.9. The van der Waals surface area contributed by atoms with Crippen molar-refractivity contribution < 1.29 is 9.53 Å². The first kappa shape index (κ1) is 15.2. The van der Waals surface area contributed by atoms with Gasteiger partial charge in [-0.3, -0.25) is 4.79 Å². The van der Waals surface area contributed by atoms with Crippen molar-refractivity contribution in [2.45, 2.75) is 0 Å². The van der Waals surface area contributed by atoms with E-state index in [2.05, 4.69) is 17.2 Å². The molecule has 0 aromatic heterocycles. The summed E-state index contributed by atoms with van der Waals surface area (Å²) in [6, 6.07) is 16.0. The number of rotatable bonds is 3. The zero-order valence-corrected chi connectivity index (χ0v) is 12.1. The lowest BCUT2D eigenvalue weighted by Gasteiger charge is -2.02. The van der Waals surface area contributed by atoms with E-state index in [4.69, 9.17) is 10.00 Å². The minimum Gasteiger partial charge on any atom is -0.495 e. The molecule has 0 aliphatic rings. The molecule has 4 nitrogen and oxygen atoms in total. The Kier molecular flexibility index (Phi) is 5.18. The summed E-state index contributed by atoms with van der Waals surface area (Å²) >= 11 is 0. The number of nitrogens with zero attached hydrogens (tertiary/aromatic N) is 1. The van der Waals surface area contributed by atoms with Gasteiger partial charge in [0.1, 0.15) is 5.75 Å². The third-order valence-electron chi connectivity index (χ3n) is 2.92. The second-order valence-corrected chi connectivity index (χ2v) is 4.38. The number of carbonyl (C=O) groups excluding carboxylic acids is 1. The lowest BCUT2D eigenvalue weighted by atomic mass is 10.1. The molecule has 1 N–H and O–H groups in total. The third kappa shape index (κ3) is 3.88. The van der Waals surface area contributed by atoms with Crippen LogP contribution in [0.25, 0.3) is 0 Å². The van der Waals surface area contributed by atoms with Gasteiger partial charge < -0.3 is 10.1 Å². The molecule has 0 unspecified atom stereocenters. The summed E-state index contributed by atoms with van der Waals surface area (Å²) < 4.78 is 5.20. The lowest BCUT2D eigenvalue weighted by Crippen LogP contribution is -2.23. The Morgan fingerprint density at radius 1 is 1.23 bits per heavy atom. The van der Waals surface area contributed by atoms with Crippen molar-refractivity contribution in [3.05, 3.63) is 65.2 Å². The Morgan fingerprint density at radius 2 is 2.05 bits per heavy atom. The van der Waals surface area contributed by atoms with Gasteiger partial charge in [0.15, 0.2) is 0 Å². The molecular formula is C18H14N2O2. The zero-order valence-electron chi connectivity index (χ0n) is 12.1. The Labute approximate surface area is 129 Å². The highest BCUT2D eigenvalue weighted by Crippen LogP contribution is 2.15. The van der Waals surface area contributed by atoms with Crippen molar-refractivity contribution in [3.63, 3.8) is 0 Å². The molecule has 1 amide bonds. The van der Waals surface area contributed by atoms with Crippen LogP contribution in [0.2, 0.25) is 0 Å². The van der Waals surface area contributed by atoms with E-state index in [1.807, 2.05) is 30.3 Å². The molecule has 0 atom stereocenters. The number of hydrogen-bond acceptors (Lipinski definition) is 3. The molecular weight excluding hydrogens is 276 g/mol. The van der Waals surface area contributed by atoms with Crippen LogP contribution in [0.3, 0.4) is 0 Å². The third-order valence-corrected chi connectivity index (χ3v) is 2.92. The molecule has 0 saturated heterocycles. The molecule has 2 aromatic rings. The number of carbonyl (C=O) groups is 1. The Bertz CT molecular complexity index is 779. The van der Waals surface area contributed by atoms with Crippen LogP contribution in [0, 0.1) is 23.2 Å². The highest BCUT2D eigenvalue weighted by Gasteiger charge is 2.04. The van der Waals surface area contributed by atoms with E-state index in [9.17, 15) is 4.79 Å². The summed E-state index contributed by atoms with van der Waals surface area (Å²) in [5.74, 6) is 6.27. The van der Waals surface area contributed by atoms with Gasteiger partial charge in [0.05, 0.1) is 30.9 Å². The van der Waals surface area contributed by atoms with Gasteiger partial charge in [0.25, 0.3) is 5.91 Å². The molecule has 0 aliphatic carbocycles. The largest absolute Gasteiger partial charge is 0.495 e. The minimum atomic E-state index is -0.258. The Balaban J connectivity index is 1.98. The quantitative estimate of drug-likeness (QED) is 0.883. The number of hydrogen-bond donors (Lipinski definition) is 1. The van der Waals surface area contributed by atoms with Crippen LogP contribution in [0.5, 0.6) is 5.75 Å². The van der Waals surface area contributed by atoms with E-state index in [0.717, 1.165) is 5.56 Å². The van der Waals surface area contributed by atoms with Crippen molar-refractivity contribution in [2.75, 3.05) is 13.7 Å². The lowest BCUT2D eigenvalue weighted by molar-refractivity contribution is 0.0958. The van der Waals surface area contributed by atoms with E-state index in [1.54, 1.807) is 31.4 Å². The number of nitriles is 1. The van der Waals surface area contributed by atoms with Crippen LogP contribution < -0.4 is 10.1 Å². The molecule has 0 radical (unpaired) electrons. The fraction of sp³-hybridized carbons (Fsp3) is 0.111. The summed E-state index contributed by atoms with van der Waals surface area (Å²) in [6.07, 6.45) is 0. The number of para-hydroxylation sites is 1. The molecule has 2 rings (SSSR count). The topological polar surface area (TPSA) is 62.1 Å². The van der Waals surface area contributed by atoms with Crippen LogP contribution in [-0.2, 0) is 0 Å². The number of methoxy groups -OCH3 is 1. The fourth-order valence-corrected chi connectivity index (χ4v) is 1.84. The number of benzene rings is 2. The second-order valence-electron chi connectivity index (χ2n) is 4.38. The molecule has 108 valence electrons. The van der Waals surface area contributed by atoms with E-state index < -0.39 is 0 Å². The average molecular weight is 290 g/mol. The predicted octanol–water partition coefficient (Wildman–Crippen LogP) is 2.35. The summed E-state index contributed by atoms with van der Waals surface area (Å²) in [4.78, 5) is 11.9. The van der Waals surface area contributed by atoms with Crippen molar-refractivity contribution in [1.82, 2.24) is 5.32 Å². The standard InChI is InChI=1S/C18H14N2O2/c1-22-17-10-3-2-7-15(17)9-5-11-20-18(21)16-8-4-6-14(12-16)13-19/h2-4,6-8,10,12H,11H2,1H3,(H,20,21). The molecule has 22 heavy (non-hydrogen) atoms. The van der Waals surface area contributed by atoms with Crippen molar-refractivity contribution in [3.8, 4) is 23.7 Å². The minimum absolute atomic E-state index is 0.216. The van der Waals surface area contributed by atoms with Gasteiger partial charge in [-0.15, -0.1) is 0 Å². The molecule has 0 saturated carbocycles. The zero-order chi connectivity index (χ0) is 15.8. The summed E-state index contributed by atoms with van der Waals surface area (Å²) in [5, 5.41) is 11.5. The average Bonchev–Trinajstić information content (AvgIpc) is 2.58. The van der Waals surface area contributed by atoms with Crippen molar-refractivity contribution in [2.24, 2.45) is 0 Å². The Hall–Kier alpha value is -3.24. The SMILES string of the molecule is COc1ccccc1C#CCNC(=O)c1cccc(C#N)c1. The second kappa shape index (κ2) is 7.52. The van der Waals surface area contributed by atoms with Crippen molar-refractivity contribution in [1.29, 1.82) is 5.26 Å². The van der Waals surface area contributed by atoms with E-state index in [0.29, 0.717) is 16.9 Å². The van der Waals surface area contributed by atoms with Gasteiger partial charge in [-0.25, -0.2) is 0 Å². The smallest absolute Gasteiger partial charge is 0.252 e. The van der Waals surface area contributed by atoms with Crippen LogP contribution in [-0.4, -0.2) is 19.6 Å². The summed E-state index contributed by atoms with van der Waals surface area (Å²) in [6.45, 7) is 0.216. The van der Waals surface area contributed by atoms with Crippen LogP contribution >= 0.6 is 0 Å². The first-order valence-electron chi connectivity index (χ1n) is 6.65. The predicted molar refractivity (Wildman–Crippen MR) is 83.4 cm³/mol. The van der Waals surface area contributed by atoms with Gasteiger partial charge in [0, 0.05) is 5.56 Å². The molecule has 0 heterocycles. The van der Waals surface area contributed by atoms with Crippen LogP contribution in [0.1, 0.15) is 21.5 Å². The maximum Gasteiger partial charge on any atom is 0.252 e. The highest BCUT2D eigenvalue weighted by atomic mass is 16.5. The molecule has 0 fully saturated rings. The van der Waals surface area contributed by atoms with Crippen molar-refractivity contribution >= 4 is 5.91 Å². The first-order chi connectivity index (χ1) is 10.7. The normalized spacial score (nSPS) is 9.09. The number of ether oxygens (including phenoxy) is 1. The van der Waals surface area contributed by atoms with Gasteiger partial charge in [0.2, 0.25) is 0 Å². The molecule has 0 bridgehead atoms. The first-order valence-corrected chi connectivity index (χ1v) is 6.65.